The van der Waals surface area contributed by atoms with Gasteiger partial charge in [0.25, 0.3) is 0 Å². The van der Waals surface area contributed by atoms with E-state index >= 15 is 0 Å². The maximum Gasteiger partial charge on any atom is 0.243 e. The van der Waals surface area contributed by atoms with E-state index in [1.165, 1.54) is 22.5 Å². The van der Waals surface area contributed by atoms with Gasteiger partial charge in [-0.1, -0.05) is 20.8 Å². The Morgan fingerprint density at radius 2 is 1.85 bits per heavy atom. The van der Waals surface area contributed by atoms with Crippen molar-refractivity contribution in [2.75, 3.05) is 18.4 Å². The average molecular weight is 300 g/mol. The number of sulfonamides is 1. The van der Waals surface area contributed by atoms with Gasteiger partial charge in [0.15, 0.2) is 0 Å². The Morgan fingerprint density at radius 1 is 1.25 bits per heavy atom. The van der Waals surface area contributed by atoms with Crippen molar-refractivity contribution >= 4 is 21.6 Å². The summed E-state index contributed by atoms with van der Waals surface area (Å²) < 4.78 is 26.0. The van der Waals surface area contributed by atoms with Gasteiger partial charge >= 0.3 is 0 Å². The molecule has 1 rings (SSSR count). The molecular weight excluding hydrogens is 280 g/mol. The van der Waals surface area contributed by atoms with E-state index in [4.69, 9.17) is 0 Å². The van der Waals surface area contributed by atoms with Crippen molar-refractivity contribution < 1.29 is 18.3 Å². The first-order chi connectivity index (χ1) is 9.36. The number of rotatable bonds is 6. The molecule has 6 nitrogen and oxygen atoms in total. The highest BCUT2D eigenvalue weighted by molar-refractivity contribution is 7.89. The number of phenols is 1. The lowest BCUT2D eigenvalue weighted by molar-refractivity contribution is -0.115. The molecule has 0 aromatic heterocycles. The van der Waals surface area contributed by atoms with Crippen LogP contribution in [-0.2, 0) is 14.8 Å². The SMILES string of the molecule is CCC(=O)Nc1cc(S(=O)(=O)N(CC)CC)ccc1O. The van der Waals surface area contributed by atoms with E-state index in [-0.39, 0.29) is 28.7 Å². The van der Waals surface area contributed by atoms with Crippen LogP contribution >= 0.6 is 0 Å². The first-order valence-corrected chi connectivity index (χ1v) is 7.93. The van der Waals surface area contributed by atoms with Crippen LogP contribution in [0.5, 0.6) is 5.75 Å². The summed E-state index contributed by atoms with van der Waals surface area (Å²) in [6.45, 7) is 5.89. The molecule has 1 aromatic rings. The van der Waals surface area contributed by atoms with Gasteiger partial charge < -0.3 is 10.4 Å². The van der Waals surface area contributed by atoms with Crippen LogP contribution in [0.15, 0.2) is 23.1 Å². The van der Waals surface area contributed by atoms with E-state index in [0.29, 0.717) is 13.1 Å². The summed E-state index contributed by atoms with van der Waals surface area (Å²) in [5.41, 5.74) is 0.102. The molecule has 2 N–H and O–H groups in total. The van der Waals surface area contributed by atoms with E-state index < -0.39 is 10.0 Å². The lowest BCUT2D eigenvalue weighted by Crippen LogP contribution is -2.30. The number of carbonyl (C=O) groups excluding carboxylic acids is 1. The van der Waals surface area contributed by atoms with Crippen LogP contribution in [0.3, 0.4) is 0 Å². The molecule has 0 spiro atoms. The van der Waals surface area contributed by atoms with Crippen molar-refractivity contribution in [2.45, 2.75) is 32.1 Å². The maximum atomic E-state index is 12.3. The van der Waals surface area contributed by atoms with Gasteiger partial charge in [0, 0.05) is 19.5 Å². The van der Waals surface area contributed by atoms with Crippen molar-refractivity contribution in [1.29, 1.82) is 0 Å². The van der Waals surface area contributed by atoms with Crippen molar-refractivity contribution in [1.82, 2.24) is 4.31 Å². The van der Waals surface area contributed by atoms with Crippen LogP contribution < -0.4 is 5.32 Å². The Morgan fingerprint density at radius 3 is 2.35 bits per heavy atom. The fourth-order valence-corrected chi connectivity index (χ4v) is 3.21. The highest BCUT2D eigenvalue weighted by Gasteiger charge is 2.22. The van der Waals surface area contributed by atoms with Crippen molar-refractivity contribution in [3.63, 3.8) is 0 Å². The first-order valence-electron chi connectivity index (χ1n) is 6.49. The standard InChI is InChI=1S/C13H20N2O4S/c1-4-13(17)14-11-9-10(7-8-12(11)16)20(18,19)15(5-2)6-3/h7-9,16H,4-6H2,1-3H3,(H,14,17). The monoisotopic (exact) mass is 300 g/mol. The largest absolute Gasteiger partial charge is 0.506 e. The average Bonchev–Trinajstić information content (AvgIpc) is 2.41. The zero-order valence-electron chi connectivity index (χ0n) is 11.9. The molecule has 0 unspecified atom stereocenters. The van der Waals surface area contributed by atoms with Crippen molar-refractivity contribution in [3.8, 4) is 5.75 Å². The number of hydrogen-bond donors (Lipinski definition) is 2. The van der Waals surface area contributed by atoms with Crippen LogP contribution in [0.1, 0.15) is 27.2 Å². The summed E-state index contributed by atoms with van der Waals surface area (Å²) >= 11 is 0. The lowest BCUT2D eigenvalue weighted by Gasteiger charge is -2.19. The number of amides is 1. The molecule has 112 valence electrons. The highest BCUT2D eigenvalue weighted by Crippen LogP contribution is 2.28. The minimum absolute atomic E-state index is 0.0467. The third-order valence-electron chi connectivity index (χ3n) is 2.91. The van der Waals surface area contributed by atoms with Gasteiger partial charge in [-0.05, 0) is 18.2 Å². The van der Waals surface area contributed by atoms with E-state index in [1.54, 1.807) is 20.8 Å². The molecule has 20 heavy (non-hydrogen) atoms. The Balaban J connectivity index is 3.21. The molecule has 0 saturated heterocycles. The number of aromatic hydroxyl groups is 1. The molecular formula is C13H20N2O4S. The summed E-state index contributed by atoms with van der Waals surface area (Å²) in [5.74, 6) is -0.456. The van der Waals surface area contributed by atoms with Gasteiger partial charge in [-0.15, -0.1) is 0 Å². The number of phenolic OH excluding ortho intramolecular Hbond substituents is 1. The molecule has 0 aliphatic rings. The summed E-state index contributed by atoms with van der Waals surface area (Å²) in [4.78, 5) is 11.4. The number of nitrogens with one attached hydrogen (secondary N) is 1. The first kappa shape index (κ1) is 16.5. The molecule has 0 heterocycles. The number of anilines is 1. The molecule has 0 saturated carbocycles. The molecule has 1 aromatic carbocycles. The van der Waals surface area contributed by atoms with Crippen LogP contribution in [0.4, 0.5) is 5.69 Å². The zero-order chi connectivity index (χ0) is 15.3. The van der Waals surface area contributed by atoms with Crippen molar-refractivity contribution in [2.24, 2.45) is 0 Å². The lowest BCUT2D eigenvalue weighted by atomic mass is 10.3. The second-order valence-corrected chi connectivity index (χ2v) is 6.11. The second kappa shape index (κ2) is 6.71. The minimum atomic E-state index is -3.61. The fourth-order valence-electron chi connectivity index (χ4n) is 1.73. The van der Waals surface area contributed by atoms with E-state index in [9.17, 15) is 18.3 Å². The number of hydrogen-bond acceptors (Lipinski definition) is 4. The predicted octanol–water partition coefficient (Wildman–Crippen LogP) is 1.77. The molecule has 0 fully saturated rings. The molecule has 0 aliphatic heterocycles. The third-order valence-corrected chi connectivity index (χ3v) is 4.95. The van der Waals surface area contributed by atoms with Crippen LogP contribution in [0.25, 0.3) is 0 Å². The van der Waals surface area contributed by atoms with Crippen LogP contribution in [0.2, 0.25) is 0 Å². The van der Waals surface area contributed by atoms with Gasteiger partial charge in [-0.25, -0.2) is 8.42 Å². The number of benzene rings is 1. The molecule has 0 radical (unpaired) electrons. The maximum absolute atomic E-state index is 12.3. The quantitative estimate of drug-likeness (QED) is 0.784. The molecule has 7 heteroatoms. The minimum Gasteiger partial charge on any atom is -0.506 e. The third kappa shape index (κ3) is 3.49. The Labute approximate surface area is 119 Å². The van der Waals surface area contributed by atoms with Gasteiger partial charge in [0.05, 0.1) is 10.6 Å². The Hall–Kier alpha value is -1.60. The molecule has 0 atom stereocenters. The Bertz CT molecular complexity index is 580. The molecule has 0 bridgehead atoms. The predicted molar refractivity (Wildman–Crippen MR) is 77.1 cm³/mol. The molecule has 0 aliphatic carbocycles. The van der Waals surface area contributed by atoms with Gasteiger partial charge in [-0.2, -0.15) is 4.31 Å². The van der Waals surface area contributed by atoms with Crippen molar-refractivity contribution in [3.05, 3.63) is 18.2 Å². The van der Waals surface area contributed by atoms with Gasteiger partial charge in [-0.3, -0.25) is 4.79 Å². The van der Waals surface area contributed by atoms with E-state index in [0.717, 1.165) is 0 Å². The molecule has 1 amide bonds. The highest BCUT2D eigenvalue weighted by atomic mass is 32.2. The van der Waals surface area contributed by atoms with Crippen LogP contribution in [0, 0.1) is 0 Å². The summed E-state index contributed by atoms with van der Waals surface area (Å²) in [6, 6.07) is 3.86. The zero-order valence-corrected chi connectivity index (χ0v) is 12.7. The summed E-state index contributed by atoms with van der Waals surface area (Å²) in [7, 11) is -3.61. The van der Waals surface area contributed by atoms with E-state index in [1.807, 2.05) is 0 Å². The fraction of sp³-hybridized carbons (Fsp3) is 0.462. The normalized spacial score (nSPS) is 11.6. The topological polar surface area (TPSA) is 86.7 Å². The summed E-state index contributed by atoms with van der Waals surface area (Å²) in [6.07, 6.45) is 0.243. The summed E-state index contributed by atoms with van der Waals surface area (Å²) in [5, 5.41) is 12.2. The number of nitrogens with zero attached hydrogens (tertiary/aromatic N) is 1. The van der Waals surface area contributed by atoms with Gasteiger partial charge in [0.1, 0.15) is 5.75 Å². The van der Waals surface area contributed by atoms with Gasteiger partial charge in [0.2, 0.25) is 15.9 Å². The van der Waals surface area contributed by atoms with E-state index in [2.05, 4.69) is 5.32 Å². The van der Waals surface area contributed by atoms with Crippen LogP contribution in [-0.4, -0.2) is 36.8 Å². The second-order valence-electron chi connectivity index (χ2n) is 4.17. The Kier molecular flexibility index (Phi) is 5.52. The smallest absolute Gasteiger partial charge is 0.243 e. The number of carbonyl (C=O) groups is 1.